The molecule has 2 atom stereocenters. The Morgan fingerprint density at radius 3 is 2.62 bits per heavy atom. The molecule has 1 aromatic rings. The molecule has 0 radical (unpaired) electrons. The van der Waals surface area contributed by atoms with Crippen molar-refractivity contribution in [2.24, 2.45) is 5.73 Å². The Kier molecular flexibility index (Phi) is 3.28. The van der Waals surface area contributed by atoms with Gasteiger partial charge in [0.05, 0.1) is 0 Å². The van der Waals surface area contributed by atoms with Crippen molar-refractivity contribution in [2.75, 3.05) is 0 Å². The molecule has 13 heavy (non-hydrogen) atoms. The van der Waals surface area contributed by atoms with E-state index in [0.717, 1.165) is 3.57 Å². The van der Waals surface area contributed by atoms with Gasteiger partial charge in [0.1, 0.15) is 6.10 Å². The number of hydrogen-bond donors (Lipinski definition) is 4. The summed E-state index contributed by atoms with van der Waals surface area (Å²) in [5.74, 6) is -0.947. The van der Waals surface area contributed by atoms with E-state index in [1.807, 2.05) is 22.6 Å². The number of rotatable bonds is 3. The Labute approximate surface area is 88.1 Å². The lowest BCUT2D eigenvalue weighted by atomic mass is 10.1. The highest BCUT2D eigenvalue weighted by atomic mass is 127. The number of aromatic amines is 1. The van der Waals surface area contributed by atoms with Gasteiger partial charge in [-0.05, 0) is 28.7 Å². The first-order chi connectivity index (χ1) is 6.02. The third-order valence-corrected chi connectivity index (χ3v) is 2.20. The van der Waals surface area contributed by atoms with Crippen LogP contribution in [0.1, 0.15) is 11.8 Å². The lowest BCUT2D eigenvalue weighted by Crippen LogP contribution is -2.33. The van der Waals surface area contributed by atoms with E-state index in [1.165, 1.54) is 0 Å². The molecule has 0 aliphatic carbocycles. The van der Waals surface area contributed by atoms with Crippen molar-refractivity contribution < 1.29 is 15.0 Å². The molecule has 72 valence electrons. The van der Waals surface area contributed by atoms with Crippen LogP contribution in [0.3, 0.4) is 0 Å². The van der Waals surface area contributed by atoms with E-state index in [-0.39, 0.29) is 0 Å². The molecule has 0 bridgehead atoms. The van der Waals surface area contributed by atoms with Gasteiger partial charge in [-0.15, -0.1) is 0 Å². The average molecular weight is 296 g/mol. The van der Waals surface area contributed by atoms with Crippen LogP contribution in [-0.2, 0) is 4.79 Å². The number of halogens is 1. The minimum Gasteiger partial charge on any atom is -0.384 e. The summed E-state index contributed by atoms with van der Waals surface area (Å²) in [6.45, 7) is 0. The highest BCUT2D eigenvalue weighted by molar-refractivity contribution is 14.1. The summed E-state index contributed by atoms with van der Waals surface area (Å²) in [5, 5.41) is 18.5. The first-order valence-corrected chi connectivity index (χ1v) is 4.59. The highest BCUT2D eigenvalue weighted by Gasteiger charge is 2.24. The monoisotopic (exact) mass is 296 g/mol. The lowest BCUT2D eigenvalue weighted by molar-refractivity contribution is -0.132. The van der Waals surface area contributed by atoms with Crippen LogP contribution in [0.4, 0.5) is 0 Å². The minimum absolute atomic E-state index is 0.371. The fourth-order valence-corrected chi connectivity index (χ4v) is 1.37. The van der Waals surface area contributed by atoms with E-state index in [1.54, 1.807) is 12.3 Å². The minimum atomic E-state index is -1.57. The fraction of sp³-hybridized carbons (Fsp3) is 0.286. The second-order valence-electron chi connectivity index (χ2n) is 2.57. The van der Waals surface area contributed by atoms with Gasteiger partial charge in [-0.2, -0.15) is 0 Å². The zero-order valence-corrected chi connectivity index (χ0v) is 8.72. The largest absolute Gasteiger partial charge is 0.384 e. The van der Waals surface area contributed by atoms with Crippen LogP contribution in [0.5, 0.6) is 0 Å². The number of aliphatic hydroxyl groups excluding tert-OH is 2. The maximum absolute atomic E-state index is 10.5. The summed E-state index contributed by atoms with van der Waals surface area (Å²) in [7, 11) is 0. The number of hydrogen-bond acceptors (Lipinski definition) is 3. The quantitative estimate of drug-likeness (QED) is 0.566. The summed E-state index contributed by atoms with van der Waals surface area (Å²) < 4.78 is 0.878. The molecule has 6 heteroatoms. The number of carbonyl (C=O) groups excluding carboxylic acids is 1. The van der Waals surface area contributed by atoms with Crippen LogP contribution in [0, 0.1) is 3.57 Å². The Morgan fingerprint density at radius 2 is 2.23 bits per heavy atom. The van der Waals surface area contributed by atoms with E-state index in [4.69, 9.17) is 10.8 Å². The van der Waals surface area contributed by atoms with E-state index in [9.17, 15) is 9.90 Å². The van der Waals surface area contributed by atoms with Gasteiger partial charge in [-0.3, -0.25) is 4.79 Å². The zero-order chi connectivity index (χ0) is 10.0. The van der Waals surface area contributed by atoms with Crippen LogP contribution < -0.4 is 5.73 Å². The van der Waals surface area contributed by atoms with Crippen LogP contribution in [0.25, 0.3) is 0 Å². The molecule has 0 spiro atoms. The van der Waals surface area contributed by atoms with E-state index >= 15 is 0 Å². The summed E-state index contributed by atoms with van der Waals surface area (Å²) >= 11 is 2.03. The number of carbonyl (C=O) groups is 1. The van der Waals surface area contributed by atoms with Crippen molar-refractivity contribution >= 4 is 28.5 Å². The van der Waals surface area contributed by atoms with Crippen molar-refractivity contribution in [1.29, 1.82) is 0 Å². The molecule has 1 rings (SSSR count). The molecule has 5 N–H and O–H groups in total. The van der Waals surface area contributed by atoms with Crippen molar-refractivity contribution in [3.8, 4) is 0 Å². The molecule has 1 amide bonds. The Bertz CT molecular complexity index is 312. The number of H-pyrrole nitrogens is 1. The second kappa shape index (κ2) is 4.07. The highest BCUT2D eigenvalue weighted by Crippen LogP contribution is 2.17. The zero-order valence-electron chi connectivity index (χ0n) is 6.57. The molecule has 0 saturated heterocycles. The van der Waals surface area contributed by atoms with Crippen molar-refractivity contribution in [1.82, 2.24) is 4.98 Å². The van der Waals surface area contributed by atoms with Crippen molar-refractivity contribution in [2.45, 2.75) is 12.2 Å². The number of amides is 1. The van der Waals surface area contributed by atoms with E-state index in [2.05, 4.69) is 4.98 Å². The first kappa shape index (κ1) is 10.5. The standard InChI is InChI=1S/C7H9IN2O3/c8-3-1-4(10-2-3)5(11)6(12)7(9)13/h1-2,5-6,10-12H,(H2,9,13). The second-order valence-corrected chi connectivity index (χ2v) is 3.81. The molecular formula is C7H9IN2O3. The molecule has 1 heterocycles. The molecule has 0 aliphatic heterocycles. The molecule has 1 aromatic heterocycles. The van der Waals surface area contributed by atoms with Gasteiger partial charge in [0.25, 0.3) is 0 Å². The number of nitrogens with one attached hydrogen (secondary N) is 1. The maximum atomic E-state index is 10.5. The normalized spacial score (nSPS) is 15.3. The van der Waals surface area contributed by atoms with Gasteiger partial charge in [-0.1, -0.05) is 0 Å². The number of nitrogens with two attached hydrogens (primary N) is 1. The van der Waals surface area contributed by atoms with Crippen molar-refractivity contribution in [3.63, 3.8) is 0 Å². The average Bonchev–Trinajstić information content (AvgIpc) is 2.49. The van der Waals surface area contributed by atoms with Gasteiger partial charge in [-0.25, -0.2) is 0 Å². The van der Waals surface area contributed by atoms with Crippen LogP contribution in [-0.4, -0.2) is 27.2 Å². The Morgan fingerprint density at radius 1 is 1.62 bits per heavy atom. The molecule has 0 fully saturated rings. The SMILES string of the molecule is NC(=O)C(O)C(O)c1cc(I)c[nH]1. The summed E-state index contributed by atoms with van der Waals surface area (Å²) in [4.78, 5) is 13.2. The molecule has 5 nitrogen and oxygen atoms in total. The predicted octanol–water partition coefficient (Wildman–Crippen LogP) is -0.501. The maximum Gasteiger partial charge on any atom is 0.249 e. The Hall–Kier alpha value is -0.600. The molecule has 0 saturated carbocycles. The number of primary amides is 1. The summed E-state index contributed by atoms with van der Waals surface area (Å²) in [6.07, 6.45) is -1.22. The van der Waals surface area contributed by atoms with Gasteiger partial charge in [0, 0.05) is 15.5 Å². The fourth-order valence-electron chi connectivity index (χ4n) is 0.881. The van der Waals surface area contributed by atoms with Gasteiger partial charge < -0.3 is 20.9 Å². The number of aromatic nitrogens is 1. The lowest BCUT2D eigenvalue weighted by Gasteiger charge is -2.12. The van der Waals surface area contributed by atoms with Crippen LogP contribution in [0.15, 0.2) is 12.3 Å². The third kappa shape index (κ3) is 2.42. The number of aliphatic hydroxyl groups is 2. The van der Waals surface area contributed by atoms with Gasteiger partial charge >= 0.3 is 0 Å². The van der Waals surface area contributed by atoms with E-state index in [0.29, 0.717) is 5.69 Å². The smallest absolute Gasteiger partial charge is 0.249 e. The first-order valence-electron chi connectivity index (χ1n) is 3.51. The van der Waals surface area contributed by atoms with Crippen molar-refractivity contribution in [3.05, 3.63) is 21.5 Å². The molecular weight excluding hydrogens is 287 g/mol. The Balaban J connectivity index is 2.78. The van der Waals surface area contributed by atoms with Gasteiger partial charge in [0.2, 0.25) is 5.91 Å². The topological polar surface area (TPSA) is 99.3 Å². The predicted molar refractivity (Wildman–Crippen MR) is 53.7 cm³/mol. The van der Waals surface area contributed by atoms with Crippen LogP contribution >= 0.6 is 22.6 Å². The molecule has 0 aromatic carbocycles. The molecule has 2 unspecified atom stereocenters. The van der Waals surface area contributed by atoms with Gasteiger partial charge in [0.15, 0.2) is 6.10 Å². The summed E-state index contributed by atoms with van der Waals surface area (Å²) in [5.41, 5.74) is 5.19. The molecule has 0 aliphatic rings. The third-order valence-electron chi connectivity index (χ3n) is 1.58. The summed E-state index contributed by atoms with van der Waals surface area (Å²) in [6, 6.07) is 1.62. The van der Waals surface area contributed by atoms with E-state index < -0.39 is 18.1 Å². The van der Waals surface area contributed by atoms with Crippen LogP contribution in [0.2, 0.25) is 0 Å².